The smallest absolute Gasteiger partial charge is 0.340 e. The highest BCUT2D eigenvalue weighted by Crippen LogP contribution is 2.05. The number of fused-ring (bicyclic) bond motifs is 1. The summed E-state index contributed by atoms with van der Waals surface area (Å²) in [5.41, 5.74) is 6.97. The molecule has 2 rings (SSSR count). The molecular weight excluding hydrogens is 192 g/mol. The fourth-order valence-electron chi connectivity index (χ4n) is 1.65. The maximum atomic E-state index is 11.6. The van der Waals surface area contributed by atoms with Crippen molar-refractivity contribution in [3.05, 3.63) is 28.2 Å². The Labute approximate surface area is 86.6 Å². The Morgan fingerprint density at radius 3 is 3.00 bits per heavy atom. The van der Waals surface area contributed by atoms with E-state index in [0.29, 0.717) is 11.0 Å². The molecule has 0 amide bonds. The van der Waals surface area contributed by atoms with Crippen molar-refractivity contribution in [2.45, 2.75) is 20.4 Å². The molecule has 0 atom stereocenters. The standard InChI is InChI=1S/C10H12N4O/c1-3-14-5-6(2)4-7-8(14)12-10(11)13-9(7)15/h4-5H,3H2,1-2H3,(H2,11,13,15)/p+1. The third-order valence-corrected chi connectivity index (χ3v) is 2.30. The van der Waals surface area contributed by atoms with E-state index in [0.717, 1.165) is 12.1 Å². The lowest BCUT2D eigenvalue weighted by Gasteiger charge is -2.00. The molecule has 15 heavy (non-hydrogen) atoms. The molecule has 0 aromatic carbocycles. The summed E-state index contributed by atoms with van der Waals surface area (Å²) in [4.78, 5) is 18.3. The predicted octanol–water partition coefficient (Wildman–Crippen LogP) is 0.121. The molecule has 0 bridgehead atoms. The van der Waals surface area contributed by atoms with Gasteiger partial charge in [0.25, 0.3) is 5.56 Å². The quantitative estimate of drug-likeness (QED) is 0.649. The summed E-state index contributed by atoms with van der Waals surface area (Å²) >= 11 is 0. The van der Waals surface area contributed by atoms with Gasteiger partial charge >= 0.3 is 11.6 Å². The SMILES string of the molecule is CC[n+]1cc(C)cc2c(=O)[nH]c(N)nc21. The third kappa shape index (κ3) is 1.56. The van der Waals surface area contributed by atoms with Crippen molar-refractivity contribution in [3.8, 4) is 0 Å². The average molecular weight is 205 g/mol. The van der Waals surface area contributed by atoms with E-state index in [1.54, 1.807) is 0 Å². The molecule has 0 saturated carbocycles. The van der Waals surface area contributed by atoms with Crippen LogP contribution in [0.3, 0.4) is 0 Å². The number of pyridine rings is 1. The first-order valence-electron chi connectivity index (χ1n) is 4.81. The van der Waals surface area contributed by atoms with Crippen LogP contribution in [0, 0.1) is 6.92 Å². The van der Waals surface area contributed by atoms with E-state index in [4.69, 9.17) is 5.73 Å². The van der Waals surface area contributed by atoms with Crippen LogP contribution in [0.15, 0.2) is 17.1 Å². The second-order valence-corrected chi connectivity index (χ2v) is 3.49. The molecule has 3 N–H and O–H groups in total. The van der Waals surface area contributed by atoms with Crippen LogP contribution in [0.5, 0.6) is 0 Å². The monoisotopic (exact) mass is 205 g/mol. The summed E-state index contributed by atoms with van der Waals surface area (Å²) in [7, 11) is 0. The van der Waals surface area contributed by atoms with Crippen LogP contribution < -0.4 is 15.9 Å². The van der Waals surface area contributed by atoms with Crippen molar-refractivity contribution in [3.63, 3.8) is 0 Å². The number of hydrogen-bond acceptors (Lipinski definition) is 3. The summed E-state index contributed by atoms with van der Waals surface area (Å²) in [6.45, 7) is 4.70. The van der Waals surface area contributed by atoms with E-state index in [1.807, 2.05) is 30.7 Å². The van der Waals surface area contributed by atoms with Crippen molar-refractivity contribution >= 4 is 17.0 Å². The first-order valence-corrected chi connectivity index (χ1v) is 4.81. The number of nitrogens with two attached hydrogens (primary N) is 1. The van der Waals surface area contributed by atoms with Crippen LogP contribution in [0.4, 0.5) is 5.95 Å². The number of anilines is 1. The summed E-state index contributed by atoms with van der Waals surface area (Å²) in [5, 5.41) is 0.575. The highest BCUT2D eigenvalue weighted by Gasteiger charge is 2.14. The Kier molecular flexibility index (Phi) is 2.15. The van der Waals surface area contributed by atoms with Crippen molar-refractivity contribution in [2.24, 2.45) is 0 Å². The van der Waals surface area contributed by atoms with Gasteiger partial charge in [0.15, 0.2) is 0 Å². The van der Waals surface area contributed by atoms with Gasteiger partial charge < -0.3 is 5.73 Å². The minimum absolute atomic E-state index is 0.151. The molecular formula is C10H13N4O+. The molecule has 0 radical (unpaired) electrons. The van der Waals surface area contributed by atoms with Gasteiger partial charge in [-0.2, -0.15) is 0 Å². The Bertz CT molecular complexity index is 573. The minimum atomic E-state index is -0.191. The molecule has 0 saturated heterocycles. The van der Waals surface area contributed by atoms with Crippen molar-refractivity contribution in [1.29, 1.82) is 0 Å². The molecule has 0 aliphatic rings. The number of nitrogen functional groups attached to an aromatic ring is 1. The largest absolute Gasteiger partial charge is 0.348 e. The van der Waals surface area contributed by atoms with Gasteiger partial charge in [-0.15, -0.1) is 0 Å². The summed E-state index contributed by atoms with van der Waals surface area (Å²) in [5.74, 6) is 0.151. The Morgan fingerprint density at radius 2 is 2.33 bits per heavy atom. The highest BCUT2D eigenvalue weighted by atomic mass is 16.1. The average Bonchev–Trinajstić information content (AvgIpc) is 2.18. The number of H-pyrrole nitrogens is 1. The Balaban J connectivity index is 2.96. The summed E-state index contributed by atoms with van der Waals surface area (Å²) in [6.07, 6.45) is 1.95. The van der Waals surface area contributed by atoms with E-state index >= 15 is 0 Å². The van der Waals surface area contributed by atoms with Gasteiger partial charge in [-0.1, -0.05) is 0 Å². The third-order valence-electron chi connectivity index (χ3n) is 2.30. The number of hydrogen-bond donors (Lipinski definition) is 2. The van der Waals surface area contributed by atoms with Crippen molar-refractivity contribution < 1.29 is 4.57 Å². The molecule has 2 aromatic heterocycles. The highest BCUT2D eigenvalue weighted by molar-refractivity contribution is 5.71. The number of nitrogens with one attached hydrogen (secondary N) is 1. The van der Waals surface area contributed by atoms with Crippen LogP contribution >= 0.6 is 0 Å². The van der Waals surface area contributed by atoms with E-state index in [1.165, 1.54) is 0 Å². The normalized spacial score (nSPS) is 10.8. The molecule has 0 aliphatic heterocycles. The van der Waals surface area contributed by atoms with E-state index in [2.05, 4.69) is 9.97 Å². The van der Waals surface area contributed by atoms with Crippen LogP contribution in [-0.4, -0.2) is 9.97 Å². The van der Waals surface area contributed by atoms with Gasteiger partial charge in [0, 0.05) is 0 Å². The number of aromatic amines is 1. The minimum Gasteiger partial charge on any atom is -0.348 e. The zero-order valence-corrected chi connectivity index (χ0v) is 8.74. The lowest BCUT2D eigenvalue weighted by molar-refractivity contribution is -0.670. The predicted molar refractivity (Wildman–Crippen MR) is 57.4 cm³/mol. The van der Waals surface area contributed by atoms with Gasteiger partial charge in [0.1, 0.15) is 5.39 Å². The fourth-order valence-corrected chi connectivity index (χ4v) is 1.65. The molecule has 2 aromatic rings. The topological polar surface area (TPSA) is 75.6 Å². The summed E-state index contributed by atoms with van der Waals surface area (Å²) in [6, 6.07) is 1.81. The van der Waals surface area contributed by atoms with Gasteiger partial charge in [-0.25, -0.2) is 4.57 Å². The van der Waals surface area contributed by atoms with Gasteiger partial charge in [0.2, 0.25) is 0 Å². The van der Waals surface area contributed by atoms with Crippen molar-refractivity contribution in [1.82, 2.24) is 9.97 Å². The zero-order valence-electron chi connectivity index (χ0n) is 8.74. The maximum absolute atomic E-state index is 11.6. The van der Waals surface area contributed by atoms with Crippen LogP contribution in [-0.2, 0) is 6.54 Å². The molecule has 0 spiro atoms. The number of nitrogens with zero attached hydrogens (tertiary/aromatic N) is 2. The molecule has 0 fully saturated rings. The second-order valence-electron chi connectivity index (χ2n) is 3.49. The van der Waals surface area contributed by atoms with Gasteiger partial charge in [-0.3, -0.25) is 9.78 Å². The zero-order chi connectivity index (χ0) is 11.0. The van der Waals surface area contributed by atoms with E-state index in [-0.39, 0.29) is 11.5 Å². The second kappa shape index (κ2) is 3.34. The first kappa shape index (κ1) is 9.64. The van der Waals surface area contributed by atoms with Crippen molar-refractivity contribution in [2.75, 3.05) is 5.73 Å². The molecule has 5 heteroatoms. The number of rotatable bonds is 1. The maximum Gasteiger partial charge on any atom is 0.340 e. The first-order chi connectivity index (χ1) is 7.11. The molecule has 5 nitrogen and oxygen atoms in total. The number of aromatic nitrogens is 3. The molecule has 2 heterocycles. The van der Waals surface area contributed by atoms with Crippen LogP contribution in [0.2, 0.25) is 0 Å². The molecule has 0 unspecified atom stereocenters. The van der Waals surface area contributed by atoms with Gasteiger partial charge in [-0.05, 0) is 30.5 Å². The lowest BCUT2D eigenvalue weighted by atomic mass is 10.2. The van der Waals surface area contributed by atoms with E-state index < -0.39 is 0 Å². The molecule has 78 valence electrons. The van der Waals surface area contributed by atoms with Crippen LogP contribution in [0.1, 0.15) is 12.5 Å². The number of aryl methyl sites for hydroxylation is 2. The summed E-state index contributed by atoms with van der Waals surface area (Å²) < 4.78 is 1.91. The molecule has 0 aliphatic carbocycles. The van der Waals surface area contributed by atoms with E-state index in [9.17, 15) is 4.79 Å². The lowest BCUT2D eigenvalue weighted by Crippen LogP contribution is -2.36. The fraction of sp³-hybridized carbons (Fsp3) is 0.300. The Morgan fingerprint density at radius 1 is 1.60 bits per heavy atom. The van der Waals surface area contributed by atoms with Gasteiger partial charge in [0.05, 0.1) is 12.7 Å². The van der Waals surface area contributed by atoms with Crippen LogP contribution in [0.25, 0.3) is 11.0 Å². The Hall–Kier alpha value is -1.91.